The van der Waals surface area contributed by atoms with E-state index < -0.39 is 31.3 Å². The van der Waals surface area contributed by atoms with E-state index in [9.17, 15) is 22.8 Å². The van der Waals surface area contributed by atoms with Gasteiger partial charge in [-0.2, -0.15) is 13.2 Å². The lowest BCUT2D eigenvalue weighted by Gasteiger charge is -2.09. The van der Waals surface area contributed by atoms with E-state index in [2.05, 4.69) is 22.6 Å². The van der Waals surface area contributed by atoms with Crippen molar-refractivity contribution in [1.82, 2.24) is 0 Å². The van der Waals surface area contributed by atoms with E-state index in [0.29, 0.717) is 0 Å². The van der Waals surface area contributed by atoms with E-state index in [1.807, 2.05) is 0 Å². The summed E-state index contributed by atoms with van der Waals surface area (Å²) in [6.07, 6.45) is -3.17. The summed E-state index contributed by atoms with van der Waals surface area (Å²) >= 11 is 0. The third kappa shape index (κ3) is 9.83. The van der Waals surface area contributed by atoms with Crippen LogP contribution >= 0.6 is 0 Å². The normalized spacial score (nSPS) is 10.7. The number of hydrogen-bond donors (Lipinski definition) is 0. The van der Waals surface area contributed by atoms with Gasteiger partial charge in [-0.05, 0) is 0 Å². The number of hydrogen-bond acceptors (Lipinski definition) is 5. The van der Waals surface area contributed by atoms with Gasteiger partial charge >= 0.3 is 18.1 Å². The van der Waals surface area contributed by atoms with Crippen LogP contribution in [-0.4, -0.2) is 44.5 Å². The van der Waals surface area contributed by atoms with E-state index in [0.717, 1.165) is 0 Å². The Morgan fingerprint density at radius 2 is 1.79 bits per heavy atom. The number of alkyl halides is 3. The van der Waals surface area contributed by atoms with Crippen LogP contribution in [0.4, 0.5) is 13.2 Å². The van der Waals surface area contributed by atoms with E-state index in [1.165, 1.54) is 6.08 Å². The van der Waals surface area contributed by atoms with Gasteiger partial charge in [-0.3, -0.25) is 0 Å². The molecule has 0 saturated heterocycles. The molecular weight excluding hydrogens is 269 g/mol. The zero-order valence-electron chi connectivity index (χ0n) is 10.00. The van der Waals surface area contributed by atoms with Crippen molar-refractivity contribution < 1.29 is 37.0 Å². The van der Waals surface area contributed by atoms with Gasteiger partial charge in [0.25, 0.3) is 0 Å². The number of halogens is 3. The molecule has 0 atom stereocenters. The zero-order valence-corrected chi connectivity index (χ0v) is 10.00. The smallest absolute Gasteiger partial charge is 0.422 e. The van der Waals surface area contributed by atoms with Crippen molar-refractivity contribution in [3.05, 3.63) is 24.8 Å². The summed E-state index contributed by atoms with van der Waals surface area (Å²) in [7, 11) is 0. The van der Waals surface area contributed by atoms with Gasteiger partial charge in [0, 0.05) is 0 Å². The standard InChI is InChI=1S/C11H13F3O5/c1-3-4-17-5-8(2)10(16)18-6-9(15)19-7-11(12,13)14/h3H,1-2,4-7H2. The molecule has 0 aromatic carbocycles. The van der Waals surface area contributed by atoms with Crippen LogP contribution in [0.1, 0.15) is 0 Å². The molecular formula is C11H13F3O5. The van der Waals surface area contributed by atoms with Crippen molar-refractivity contribution >= 4 is 11.9 Å². The van der Waals surface area contributed by atoms with Crippen LogP contribution in [0.3, 0.4) is 0 Å². The van der Waals surface area contributed by atoms with Crippen LogP contribution in [0.2, 0.25) is 0 Å². The number of ether oxygens (including phenoxy) is 3. The van der Waals surface area contributed by atoms with Crippen LogP contribution in [0.5, 0.6) is 0 Å². The lowest BCUT2D eigenvalue weighted by atomic mass is 10.3. The maximum Gasteiger partial charge on any atom is 0.422 e. The van der Waals surface area contributed by atoms with Crippen LogP contribution in [0, 0.1) is 0 Å². The third-order valence-corrected chi connectivity index (χ3v) is 1.52. The molecule has 0 aliphatic heterocycles. The van der Waals surface area contributed by atoms with Crippen LogP contribution in [0.25, 0.3) is 0 Å². The third-order valence-electron chi connectivity index (χ3n) is 1.52. The monoisotopic (exact) mass is 282 g/mol. The molecule has 0 aliphatic rings. The largest absolute Gasteiger partial charge is 0.454 e. The van der Waals surface area contributed by atoms with Gasteiger partial charge in [-0.15, -0.1) is 6.58 Å². The van der Waals surface area contributed by atoms with Gasteiger partial charge in [0.2, 0.25) is 0 Å². The van der Waals surface area contributed by atoms with Gasteiger partial charge in [0.1, 0.15) is 0 Å². The fourth-order valence-electron chi connectivity index (χ4n) is 0.755. The highest BCUT2D eigenvalue weighted by Crippen LogP contribution is 2.14. The average Bonchev–Trinajstić information content (AvgIpc) is 2.32. The van der Waals surface area contributed by atoms with Crippen molar-refractivity contribution in [3.63, 3.8) is 0 Å². The fourth-order valence-corrected chi connectivity index (χ4v) is 0.755. The minimum atomic E-state index is -4.62. The highest BCUT2D eigenvalue weighted by molar-refractivity contribution is 5.89. The molecule has 0 unspecified atom stereocenters. The first-order valence-electron chi connectivity index (χ1n) is 5.02. The number of esters is 2. The summed E-state index contributed by atoms with van der Waals surface area (Å²) in [4.78, 5) is 22.0. The van der Waals surface area contributed by atoms with Crippen molar-refractivity contribution in [2.75, 3.05) is 26.4 Å². The Morgan fingerprint density at radius 1 is 1.16 bits per heavy atom. The maximum atomic E-state index is 11.7. The molecule has 108 valence electrons. The zero-order chi connectivity index (χ0) is 14.9. The Balaban J connectivity index is 3.86. The predicted molar refractivity (Wildman–Crippen MR) is 58.1 cm³/mol. The number of carbonyl (C=O) groups excluding carboxylic acids is 2. The minimum absolute atomic E-state index is 0.0783. The molecule has 0 aliphatic carbocycles. The van der Waals surface area contributed by atoms with Crippen molar-refractivity contribution in [1.29, 1.82) is 0 Å². The van der Waals surface area contributed by atoms with E-state index >= 15 is 0 Å². The second-order valence-electron chi connectivity index (χ2n) is 3.26. The second kappa shape index (κ2) is 8.30. The fraction of sp³-hybridized carbons (Fsp3) is 0.455. The molecule has 0 rings (SSSR count). The van der Waals surface area contributed by atoms with Gasteiger partial charge in [-0.25, -0.2) is 9.59 Å². The molecule has 0 heterocycles. The molecule has 0 saturated carbocycles. The summed E-state index contributed by atoms with van der Waals surface area (Å²) < 4.78 is 48.2. The summed E-state index contributed by atoms with van der Waals surface area (Å²) in [6.45, 7) is 4.11. The first kappa shape index (κ1) is 17.2. The Morgan fingerprint density at radius 3 is 2.32 bits per heavy atom. The van der Waals surface area contributed by atoms with Crippen LogP contribution < -0.4 is 0 Å². The molecule has 0 N–H and O–H groups in total. The molecule has 0 aromatic heterocycles. The summed E-state index contributed by atoms with van der Waals surface area (Å²) in [6, 6.07) is 0. The highest BCUT2D eigenvalue weighted by atomic mass is 19.4. The quantitative estimate of drug-likeness (QED) is 0.291. The van der Waals surface area contributed by atoms with Crippen LogP contribution in [0.15, 0.2) is 24.8 Å². The Labute approximate surface area is 107 Å². The summed E-state index contributed by atoms with van der Waals surface area (Å²) in [5.74, 6) is -2.25. The first-order chi connectivity index (χ1) is 8.76. The lowest BCUT2D eigenvalue weighted by molar-refractivity contribution is -0.189. The van der Waals surface area contributed by atoms with Gasteiger partial charge < -0.3 is 14.2 Å². The first-order valence-corrected chi connectivity index (χ1v) is 5.02. The maximum absolute atomic E-state index is 11.7. The Bertz CT molecular complexity index is 349. The molecule has 0 radical (unpaired) electrons. The molecule has 0 bridgehead atoms. The van der Waals surface area contributed by atoms with E-state index in [1.54, 1.807) is 0 Å². The molecule has 19 heavy (non-hydrogen) atoms. The van der Waals surface area contributed by atoms with E-state index in [-0.39, 0.29) is 18.8 Å². The Kier molecular flexibility index (Phi) is 7.50. The van der Waals surface area contributed by atoms with Gasteiger partial charge in [0.15, 0.2) is 13.2 Å². The van der Waals surface area contributed by atoms with Crippen molar-refractivity contribution in [2.45, 2.75) is 6.18 Å². The van der Waals surface area contributed by atoms with E-state index in [4.69, 9.17) is 4.74 Å². The minimum Gasteiger partial charge on any atom is -0.454 e. The highest BCUT2D eigenvalue weighted by Gasteiger charge is 2.29. The summed E-state index contributed by atoms with van der Waals surface area (Å²) in [5.41, 5.74) is -0.0783. The summed E-state index contributed by atoms with van der Waals surface area (Å²) in [5, 5.41) is 0. The predicted octanol–water partition coefficient (Wildman–Crippen LogP) is 1.39. The second-order valence-corrected chi connectivity index (χ2v) is 3.26. The Hall–Kier alpha value is -1.83. The lowest BCUT2D eigenvalue weighted by Crippen LogP contribution is -2.24. The van der Waals surface area contributed by atoms with Gasteiger partial charge in [0.05, 0.1) is 18.8 Å². The average molecular weight is 282 g/mol. The molecule has 0 aromatic rings. The molecule has 8 heteroatoms. The molecule has 5 nitrogen and oxygen atoms in total. The van der Waals surface area contributed by atoms with Crippen molar-refractivity contribution in [3.8, 4) is 0 Å². The topological polar surface area (TPSA) is 61.8 Å². The number of carbonyl (C=O) groups is 2. The SMILES string of the molecule is C=CCOCC(=C)C(=O)OCC(=O)OCC(F)(F)F. The molecule has 0 spiro atoms. The number of rotatable bonds is 8. The van der Waals surface area contributed by atoms with Crippen molar-refractivity contribution in [2.24, 2.45) is 0 Å². The molecule has 0 amide bonds. The molecule has 0 fully saturated rings. The van der Waals surface area contributed by atoms with Crippen LogP contribution in [-0.2, 0) is 23.8 Å². The van der Waals surface area contributed by atoms with Gasteiger partial charge in [-0.1, -0.05) is 12.7 Å².